The largest absolute Gasteiger partial charge is 0.472 e. The van der Waals surface area contributed by atoms with E-state index in [4.69, 9.17) is 92.9 Å². The Morgan fingerprint density at radius 3 is 1.14 bits per heavy atom. The number of hydrogen-bond acceptors (Lipinski definition) is 26. The highest BCUT2D eigenvalue weighted by Crippen LogP contribution is 2.50. The molecule has 8 heterocycles. The topological polar surface area (TPSA) is 423 Å². The molecule has 0 amide bonds. The van der Waals surface area contributed by atoms with Gasteiger partial charge in [-0.25, -0.2) is 23.7 Å². The Bertz CT molecular complexity index is 3010. The van der Waals surface area contributed by atoms with Crippen molar-refractivity contribution in [2.75, 3.05) is 51.4 Å². The predicted octanol–water partition coefficient (Wildman–Crippen LogP) is 3.04. The molecule has 454 valence electrons. The summed E-state index contributed by atoms with van der Waals surface area (Å²) in [5, 5.41) is 0. The van der Waals surface area contributed by atoms with Gasteiger partial charge >= 0.3 is 44.0 Å². The van der Waals surface area contributed by atoms with E-state index in [0.29, 0.717) is 44.1 Å². The van der Waals surface area contributed by atoms with Gasteiger partial charge in [-0.3, -0.25) is 27.3 Å². The van der Waals surface area contributed by atoms with Gasteiger partial charge in [0.05, 0.1) is 48.8 Å². The van der Waals surface area contributed by atoms with E-state index in [1.165, 1.54) is 57.0 Å². The number of hydrogen-bond donors (Lipinski definition) is 7. The Kier molecular flexibility index (Phi) is 25.0. The number of nitrogens with zero attached hydrogens (tertiary/aromatic N) is 8. The minimum Gasteiger partial charge on any atom is -0.383 e. The first-order valence-electron chi connectivity index (χ1n) is 25.4. The van der Waals surface area contributed by atoms with Crippen LogP contribution in [-0.2, 0) is 79.0 Å². The Hall–Kier alpha value is -4.31. The molecule has 4 aliphatic rings. The molecule has 31 nitrogen and oxygen atoms in total. The number of rotatable bonds is 18. The molecule has 15 atom stereocenters. The molecule has 0 saturated carbocycles. The lowest BCUT2D eigenvalue weighted by molar-refractivity contribution is -0.0301. The molecule has 4 fully saturated rings. The van der Waals surface area contributed by atoms with Gasteiger partial charge < -0.3 is 79.4 Å². The van der Waals surface area contributed by atoms with Crippen LogP contribution in [0.5, 0.6) is 0 Å². The number of aromatic nitrogens is 8. The fourth-order valence-electron chi connectivity index (χ4n) is 8.88. The number of anilines is 4. The zero-order chi connectivity index (χ0) is 60.1. The van der Waals surface area contributed by atoms with Crippen LogP contribution in [0.3, 0.4) is 0 Å². The van der Waals surface area contributed by atoms with E-state index in [0.717, 1.165) is 13.5 Å². The van der Waals surface area contributed by atoms with E-state index in [1.54, 1.807) is 32.5 Å². The van der Waals surface area contributed by atoms with Crippen molar-refractivity contribution in [3.05, 3.63) is 90.5 Å². The Morgan fingerprint density at radius 2 is 0.840 bits per heavy atom. The molecule has 0 aromatic carbocycles. The number of phosphoric ester groups is 1. The van der Waals surface area contributed by atoms with Crippen molar-refractivity contribution in [1.29, 1.82) is 0 Å². The minimum absolute atomic E-state index is 0.0226. The average Bonchev–Trinajstić information content (AvgIpc) is 4.28. The van der Waals surface area contributed by atoms with Gasteiger partial charge in [-0.1, -0.05) is 27.7 Å². The van der Waals surface area contributed by atoms with Crippen LogP contribution in [0.15, 0.2) is 62.2 Å². The fourth-order valence-corrected chi connectivity index (χ4v) is 11.5. The summed E-state index contributed by atoms with van der Waals surface area (Å²) in [6.45, 7) is 2.91. The molecule has 3 unspecified atom stereocenters. The van der Waals surface area contributed by atoms with Crippen LogP contribution in [0, 0.1) is 6.92 Å². The number of ether oxygens (including phenoxy) is 5. The molecule has 0 radical (unpaired) electrons. The quantitative estimate of drug-likeness (QED) is 0.0704. The lowest BCUT2D eigenvalue weighted by Gasteiger charge is -2.21. The van der Waals surface area contributed by atoms with Crippen LogP contribution in [-0.4, -0.2) is 130 Å². The maximum atomic E-state index is 12.0. The Labute approximate surface area is 476 Å². The number of aryl methyl sites for hydroxylation is 1. The molecule has 4 aromatic rings. The molecule has 8 rings (SSSR count). The van der Waals surface area contributed by atoms with Crippen LogP contribution in [0.25, 0.3) is 0 Å². The first-order chi connectivity index (χ1) is 38.1. The predicted molar refractivity (Wildman–Crippen MR) is 301 cm³/mol. The molecule has 0 aliphatic carbocycles. The standard InChI is InChI=1S/C12H20N3O5PS.C11H18N3O6P.C11H18N3O5PS.C11H17N3O3/c1-4-8-9(20-21(17,22)18-3)5-10(19-8)15-6-7(2)11(13)14-12(15)16;1-3-7-8(20-21(16,17)18-2)6-10(19-7)14-5-4-9(12)13-11(14)15;1-3-7-8(19-20(16,21)17-2)6-10(18-7)14-5-4-9(12)13-11(14)15;1-3-7-8(16-2)6-10(17-7)14-5-4-9(12)13-11(14)15/h6,8-10H,4-5H2,1-3H3,(H,17,22)(H2,13,14,16);4-5,7-8,10H,3,6H2,1-2H3,(H,16,17)(H2,12,13,15);4-5,7-8,10H,3,6H2,1-2H3,(H,16,21)(H2,12,13,15);4-5,7-8,10H,3,6H2,1-2H3,(H2,12,13,15)/t8-,9-,10-,21?;7-,8-,10-;7-,8-,10-,20?;7-,8-,10-/m1111/s1. The van der Waals surface area contributed by atoms with E-state index in [1.807, 2.05) is 27.7 Å². The average molecular weight is 1240 g/mol. The third-order valence-electron chi connectivity index (χ3n) is 13.1. The van der Waals surface area contributed by atoms with Crippen LogP contribution >= 0.6 is 21.3 Å². The third kappa shape index (κ3) is 18.6. The number of nitrogens with two attached hydrogens (primary N) is 4. The molecule has 11 N–H and O–H groups in total. The van der Waals surface area contributed by atoms with Crippen molar-refractivity contribution in [1.82, 2.24) is 38.2 Å². The molecule has 4 saturated heterocycles. The monoisotopic (exact) mass is 1240 g/mol. The molecule has 4 aromatic heterocycles. The van der Waals surface area contributed by atoms with Crippen molar-refractivity contribution in [2.45, 2.75) is 160 Å². The number of methoxy groups -OCH3 is 1. The normalized spacial score (nSPS) is 28.2. The first kappa shape index (κ1) is 67.5. The second kappa shape index (κ2) is 30.0. The zero-order valence-corrected chi connectivity index (χ0v) is 50.4. The van der Waals surface area contributed by atoms with E-state index < -0.39 is 81.4 Å². The highest BCUT2D eigenvalue weighted by Gasteiger charge is 2.43. The molecule has 81 heavy (non-hydrogen) atoms. The summed E-state index contributed by atoms with van der Waals surface area (Å²) in [6.07, 6.45) is 6.03. The van der Waals surface area contributed by atoms with Gasteiger partial charge in [0.15, 0.2) is 0 Å². The minimum atomic E-state index is -4.11. The number of phosphoric acid groups is 1. The molecule has 4 aliphatic heterocycles. The summed E-state index contributed by atoms with van der Waals surface area (Å²) < 4.78 is 75.4. The second-order valence-corrected chi connectivity index (χ2v) is 25.7. The number of nitrogen functional groups attached to an aromatic ring is 4. The van der Waals surface area contributed by atoms with E-state index >= 15 is 0 Å². The second-order valence-electron chi connectivity index (χ2n) is 18.4. The zero-order valence-electron chi connectivity index (χ0n) is 46.0. The highest BCUT2D eigenvalue weighted by molar-refractivity contribution is 8.07. The van der Waals surface area contributed by atoms with Gasteiger partial charge in [0.25, 0.3) is 0 Å². The van der Waals surface area contributed by atoms with Crippen molar-refractivity contribution >= 4 is 68.1 Å². The molecular weight excluding hydrogens is 1170 g/mol. The van der Waals surface area contributed by atoms with Gasteiger partial charge in [0, 0.05) is 84.5 Å². The maximum absolute atomic E-state index is 12.0. The summed E-state index contributed by atoms with van der Waals surface area (Å²) in [6, 6.07) is 4.59. The van der Waals surface area contributed by atoms with Gasteiger partial charge in [-0.2, -0.15) is 19.9 Å². The van der Waals surface area contributed by atoms with E-state index in [9.17, 15) is 38.4 Å². The van der Waals surface area contributed by atoms with Crippen LogP contribution in [0.1, 0.15) is 110 Å². The van der Waals surface area contributed by atoms with Gasteiger partial charge in [-0.15, -0.1) is 0 Å². The van der Waals surface area contributed by atoms with Crippen LogP contribution < -0.4 is 45.7 Å². The smallest absolute Gasteiger partial charge is 0.383 e. The summed E-state index contributed by atoms with van der Waals surface area (Å²) in [7, 11) is 1.22. The maximum Gasteiger partial charge on any atom is 0.472 e. The van der Waals surface area contributed by atoms with Crippen molar-refractivity contribution < 1.29 is 70.1 Å². The fraction of sp³-hybridized carbons (Fsp3) is 0.644. The van der Waals surface area contributed by atoms with Crippen molar-refractivity contribution in [3.8, 4) is 0 Å². The van der Waals surface area contributed by atoms with Crippen LogP contribution in [0.4, 0.5) is 23.3 Å². The van der Waals surface area contributed by atoms with Crippen LogP contribution in [0.2, 0.25) is 0 Å². The lowest BCUT2D eigenvalue weighted by atomic mass is 10.1. The molecular formula is C45H73N12O19P3S2. The summed E-state index contributed by atoms with van der Waals surface area (Å²) >= 11 is 9.72. The summed E-state index contributed by atoms with van der Waals surface area (Å²) in [4.78, 5) is 91.0. The Morgan fingerprint density at radius 1 is 0.531 bits per heavy atom. The SMILES string of the molecule is CC[C@H]1O[C@@H](n2cc(C)c(N)nc2=O)C[C@H]1OP(O)(=S)OC.CC[C@H]1O[C@@H](n2ccc(N)nc2=O)C[C@H]1OC.CC[C@H]1O[C@@H](n2ccc(N)nc2=O)C[C@H]1OP(=O)(O)OC.CC[C@H]1O[C@@H](n2ccc(N)nc2=O)C[C@H]1OP(O)(=S)OC. The third-order valence-corrected chi connectivity index (χ3v) is 17.5. The molecule has 36 heteroatoms. The lowest BCUT2D eigenvalue weighted by Crippen LogP contribution is -2.28. The Balaban J connectivity index is 0.000000199. The highest BCUT2D eigenvalue weighted by atomic mass is 32.5. The van der Waals surface area contributed by atoms with E-state index in [-0.39, 0.29) is 66.0 Å². The van der Waals surface area contributed by atoms with Gasteiger partial charge in [-0.05, 0) is 74.4 Å². The van der Waals surface area contributed by atoms with Crippen molar-refractivity contribution in [2.24, 2.45) is 0 Å². The summed E-state index contributed by atoms with van der Waals surface area (Å²) in [5.74, 6) is 0.691. The molecule has 0 spiro atoms. The first-order valence-corrected chi connectivity index (χ1v) is 32.1. The van der Waals surface area contributed by atoms with E-state index in [2.05, 4.69) is 24.5 Å². The van der Waals surface area contributed by atoms with Gasteiger partial charge in [0.2, 0.25) is 0 Å². The van der Waals surface area contributed by atoms with Gasteiger partial charge in [0.1, 0.15) is 48.2 Å². The molecule has 0 bridgehead atoms. The summed E-state index contributed by atoms with van der Waals surface area (Å²) in [5.41, 5.74) is 20.7. The van der Waals surface area contributed by atoms with Crippen molar-refractivity contribution in [3.63, 3.8) is 0 Å².